The van der Waals surface area contributed by atoms with Gasteiger partial charge in [-0.1, -0.05) is 41.9 Å². The molecule has 0 fully saturated rings. The van der Waals surface area contributed by atoms with E-state index in [2.05, 4.69) is 4.72 Å². The molecule has 4 nitrogen and oxygen atoms in total. The average molecular weight is 326 g/mol. The third kappa shape index (κ3) is 4.82. The Morgan fingerprint density at radius 3 is 2.29 bits per heavy atom. The van der Waals surface area contributed by atoms with Crippen molar-refractivity contribution in [1.29, 1.82) is 0 Å². The summed E-state index contributed by atoms with van der Waals surface area (Å²) in [7, 11) is -3.63. The lowest BCUT2D eigenvalue weighted by Crippen LogP contribution is -2.33. The van der Waals surface area contributed by atoms with Crippen LogP contribution in [0.25, 0.3) is 0 Å². The summed E-state index contributed by atoms with van der Waals surface area (Å²) < 4.78 is 26.5. The van der Waals surface area contributed by atoms with E-state index in [0.717, 1.165) is 5.56 Å². The van der Waals surface area contributed by atoms with Crippen molar-refractivity contribution in [3.63, 3.8) is 0 Å². The minimum atomic E-state index is -3.63. The van der Waals surface area contributed by atoms with Crippen molar-refractivity contribution < 1.29 is 13.5 Å². The van der Waals surface area contributed by atoms with Crippen LogP contribution in [0.4, 0.5) is 0 Å². The lowest BCUT2D eigenvalue weighted by Gasteiger charge is -2.12. The second kappa shape index (κ2) is 7.04. The highest BCUT2D eigenvalue weighted by molar-refractivity contribution is 7.89. The fraction of sp³-hybridized carbons (Fsp3) is 0.200. The maximum absolute atomic E-state index is 12.0. The van der Waals surface area contributed by atoms with Crippen LogP contribution in [-0.4, -0.2) is 26.2 Å². The predicted molar refractivity (Wildman–Crippen MR) is 82.8 cm³/mol. The van der Waals surface area contributed by atoms with Crippen molar-refractivity contribution in [1.82, 2.24) is 4.72 Å². The van der Waals surface area contributed by atoms with Crippen LogP contribution in [0.1, 0.15) is 5.56 Å². The number of nitrogens with one attached hydrogen (secondary N) is 1. The third-order valence-corrected chi connectivity index (χ3v) is 4.64. The van der Waals surface area contributed by atoms with Crippen LogP contribution in [-0.2, 0) is 16.4 Å². The lowest BCUT2D eigenvalue weighted by molar-refractivity contribution is 0.179. The van der Waals surface area contributed by atoms with Gasteiger partial charge in [0.2, 0.25) is 10.0 Å². The fourth-order valence-corrected chi connectivity index (χ4v) is 3.06. The van der Waals surface area contributed by atoms with E-state index in [1.807, 2.05) is 30.3 Å². The summed E-state index contributed by atoms with van der Waals surface area (Å²) in [4.78, 5) is 0.124. The molecule has 21 heavy (non-hydrogen) atoms. The molecule has 2 N–H and O–H groups in total. The zero-order valence-corrected chi connectivity index (χ0v) is 12.8. The van der Waals surface area contributed by atoms with E-state index in [9.17, 15) is 13.5 Å². The number of hydrogen-bond acceptors (Lipinski definition) is 3. The molecule has 0 aliphatic rings. The van der Waals surface area contributed by atoms with Crippen LogP contribution in [0.2, 0.25) is 5.02 Å². The Kier molecular flexibility index (Phi) is 5.36. The number of sulfonamides is 1. The van der Waals surface area contributed by atoms with E-state index in [1.54, 1.807) is 0 Å². The first kappa shape index (κ1) is 16.0. The highest BCUT2D eigenvalue weighted by atomic mass is 35.5. The highest BCUT2D eigenvalue weighted by Crippen LogP contribution is 2.14. The van der Waals surface area contributed by atoms with Gasteiger partial charge in [0.15, 0.2) is 0 Å². The number of benzene rings is 2. The first-order valence-electron chi connectivity index (χ1n) is 6.44. The molecule has 2 aromatic carbocycles. The summed E-state index contributed by atoms with van der Waals surface area (Å²) in [6.45, 7) is -0.0418. The molecule has 0 bridgehead atoms. The quantitative estimate of drug-likeness (QED) is 0.856. The van der Waals surface area contributed by atoms with Gasteiger partial charge in [-0.15, -0.1) is 0 Å². The summed E-state index contributed by atoms with van der Waals surface area (Å²) in [6, 6.07) is 15.3. The molecule has 0 aliphatic heterocycles. The maximum atomic E-state index is 12.0. The van der Waals surface area contributed by atoms with Gasteiger partial charge in [0.25, 0.3) is 0 Å². The van der Waals surface area contributed by atoms with Crippen LogP contribution in [0, 0.1) is 0 Å². The van der Waals surface area contributed by atoms with E-state index in [1.165, 1.54) is 24.3 Å². The van der Waals surface area contributed by atoms with Crippen LogP contribution in [0.3, 0.4) is 0 Å². The van der Waals surface area contributed by atoms with Crippen molar-refractivity contribution >= 4 is 21.6 Å². The highest BCUT2D eigenvalue weighted by Gasteiger charge is 2.15. The number of hydrogen-bond donors (Lipinski definition) is 2. The zero-order valence-electron chi connectivity index (χ0n) is 11.2. The van der Waals surface area contributed by atoms with Crippen molar-refractivity contribution in [3.8, 4) is 0 Å². The van der Waals surface area contributed by atoms with Crippen molar-refractivity contribution in [2.45, 2.75) is 17.4 Å². The minimum absolute atomic E-state index is 0.0418. The van der Waals surface area contributed by atoms with Crippen LogP contribution in [0.15, 0.2) is 59.5 Å². The number of aliphatic hydroxyl groups is 1. The van der Waals surface area contributed by atoms with Gasteiger partial charge >= 0.3 is 0 Å². The van der Waals surface area contributed by atoms with E-state index in [0.29, 0.717) is 11.4 Å². The summed E-state index contributed by atoms with van der Waals surface area (Å²) in [6.07, 6.45) is -0.390. The van der Waals surface area contributed by atoms with Gasteiger partial charge in [-0.25, -0.2) is 13.1 Å². The van der Waals surface area contributed by atoms with Crippen molar-refractivity contribution in [2.24, 2.45) is 0 Å². The standard InChI is InChI=1S/C15H16ClNO3S/c16-13-6-8-15(9-7-13)21(19,20)17-11-14(18)10-12-4-2-1-3-5-12/h1-9,14,17-18H,10-11H2/t14-/m1/s1. The summed E-state index contributed by atoms with van der Waals surface area (Å²) >= 11 is 5.72. The Balaban J connectivity index is 1.94. The average Bonchev–Trinajstić information content (AvgIpc) is 2.47. The van der Waals surface area contributed by atoms with Crippen molar-refractivity contribution in [3.05, 3.63) is 65.2 Å². The van der Waals surface area contributed by atoms with Gasteiger partial charge in [-0.3, -0.25) is 0 Å². The Morgan fingerprint density at radius 2 is 1.67 bits per heavy atom. The Morgan fingerprint density at radius 1 is 1.05 bits per heavy atom. The molecule has 0 radical (unpaired) electrons. The van der Waals surface area contributed by atoms with Crippen molar-refractivity contribution in [2.75, 3.05) is 6.54 Å². The molecule has 0 unspecified atom stereocenters. The molecular formula is C15H16ClNO3S. The van der Waals surface area contributed by atoms with Gasteiger partial charge in [-0.05, 0) is 36.2 Å². The first-order chi connectivity index (χ1) is 9.97. The molecule has 0 amide bonds. The van der Waals surface area contributed by atoms with E-state index in [-0.39, 0.29) is 11.4 Å². The lowest BCUT2D eigenvalue weighted by atomic mass is 10.1. The normalized spacial score (nSPS) is 13.0. The second-order valence-corrected chi connectivity index (χ2v) is 6.85. The van der Waals surface area contributed by atoms with Gasteiger partial charge in [0.05, 0.1) is 11.0 Å². The number of aliphatic hydroxyl groups excluding tert-OH is 1. The molecule has 0 spiro atoms. The van der Waals surface area contributed by atoms with E-state index >= 15 is 0 Å². The molecule has 0 saturated carbocycles. The summed E-state index contributed by atoms with van der Waals surface area (Å²) in [5.41, 5.74) is 0.954. The largest absolute Gasteiger partial charge is 0.391 e. The smallest absolute Gasteiger partial charge is 0.240 e. The molecule has 0 aliphatic carbocycles. The molecule has 1 atom stereocenters. The second-order valence-electron chi connectivity index (χ2n) is 4.65. The molecule has 2 aromatic rings. The molecule has 2 rings (SSSR count). The number of halogens is 1. The predicted octanol–water partition coefficient (Wildman–Crippen LogP) is 2.22. The molecule has 6 heteroatoms. The molecule has 112 valence electrons. The zero-order chi connectivity index (χ0) is 15.3. The molecular weight excluding hydrogens is 310 g/mol. The Hall–Kier alpha value is -1.40. The van der Waals surface area contributed by atoms with Crippen LogP contribution < -0.4 is 4.72 Å². The first-order valence-corrected chi connectivity index (χ1v) is 8.31. The number of rotatable bonds is 6. The Labute approximate surface area is 129 Å². The third-order valence-electron chi connectivity index (χ3n) is 2.95. The monoisotopic (exact) mass is 325 g/mol. The fourth-order valence-electron chi connectivity index (χ4n) is 1.86. The van der Waals surface area contributed by atoms with E-state index < -0.39 is 16.1 Å². The topological polar surface area (TPSA) is 66.4 Å². The van der Waals surface area contributed by atoms with Crippen LogP contribution in [0.5, 0.6) is 0 Å². The van der Waals surface area contributed by atoms with Crippen LogP contribution >= 0.6 is 11.6 Å². The minimum Gasteiger partial charge on any atom is -0.391 e. The summed E-state index contributed by atoms with van der Waals surface area (Å²) in [5, 5.41) is 10.4. The SMILES string of the molecule is O=S(=O)(NC[C@H](O)Cc1ccccc1)c1ccc(Cl)cc1. The van der Waals surface area contributed by atoms with Gasteiger partial charge in [-0.2, -0.15) is 0 Å². The maximum Gasteiger partial charge on any atom is 0.240 e. The van der Waals surface area contributed by atoms with Gasteiger partial charge in [0, 0.05) is 11.6 Å². The van der Waals surface area contributed by atoms with Gasteiger partial charge in [0.1, 0.15) is 0 Å². The molecule has 0 saturated heterocycles. The molecule has 0 aromatic heterocycles. The summed E-state index contributed by atoms with van der Waals surface area (Å²) in [5.74, 6) is 0. The Bertz CT molecular complexity index is 672. The molecule has 0 heterocycles. The van der Waals surface area contributed by atoms with E-state index in [4.69, 9.17) is 11.6 Å². The van der Waals surface area contributed by atoms with Gasteiger partial charge < -0.3 is 5.11 Å².